The molecule has 3 unspecified atom stereocenters. The van der Waals surface area contributed by atoms with Gasteiger partial charge in [-0.2, -0.15) is 20.8 Å². The van der Waals surface area contributed by atoms with Gasteiger partial charge in [0.1, 0.15) is 0 Å². The van der Waals surface area contributed by atoms with Crippen LogP contribution in [0.25, 0.3) is 0 Å². The van der Waals surface area contributed by atoms with E-state index in [2.05, 4.69) is 10.2 Å². The third-order valence-corrected chi connectivity index (χ3v) is 5.14. The molecule has 0 spiro atoms. The van der Waals surface area contributed by atoms with E-state index >= 15 is 0 Å². The van der Waals surface area contributed by atoms with Crippen LogP contribution in [0.5, 0.6) is 0 Å². The molecule has 0 aromatic rings. The number of nitriles is 2. The molecule has 2 aliphatic rings. The Hall–Kier alpha value is -3.91. The highest BCUT2D eigenvalue weighted by Crippen LogP contribution is 2.25. The molecule has 1 N–H and O–H groups in total. The predicted octanol–water partition coefficient (Wildman–Crippen LogP) is 0.570. The summed E-state index contributed by atoms with van der Waals surface area (Å²) in [6.45, 7) is 2.73. The molecule has 3 atom stereocenters. The van der Waals surface area contributed by atoms with E-state index in [0.717, 1.165) is 0 Å². The second-order valence-electron chi connectivity index (χ2n) is 8.22. The van der Waals surface area contributed by atoms with Gasteiger partial charge in [-0.25, -0.2) is 9.59 Å². The lowest BCUT2D eigenvalue weighted by atomic mass is 9.97. The minimum absolute atomic E-state index is 0.0451. The van der Waals surface area contributed by atoms with Crippen LogP contribution < -0.4 is 0 Å². The van der Waals surface area contributed by atoms with Gasteiger partial charge in [0.25, 0.3) is 17.7 Å². The van der Waals surface area contributed by atoms with Crippen LogP contribution in [0.2, 0.25) is 0 Å². The van der Waals surface area contributed by atoms with Crippen molar-refractivity contribution in [3.63, 3.8) is 0 Å². The maximum Gasteiger partial charge on any atom is 0.333 e. The highest BCUT2D eigenvalue weighted by atomic mass is 16.7. The van der Waals surface area contributed by atoms with Crippen LogP contribution >= 0.6 is 0 Å². The molecule has 2 fully saturated rings. The van der Waals surface area contributed by atoms with E-state index in [0.29, 0.717) is 10.1 Å². The van der Waals surface area contributed by atoms with Gasteiger partial charge >= 0.3 is 11.9 Å². The van der Waals surface area contributed by atoms with Crippen molar-refractivity contribution < 1.29 is 38.8 Å². The number of aliphatic hydroxyl groups is 1. The Bertz CT molecular complexity index is 969. The average molecular weight is 476 g/mol. The summed E-state index contributed by atoms with van der Waals surface area (Å²) in [7, 11) is 0. The number of aliphatic hydroxyl groups excluding tert-OH is 1. The Kier molecular flexibility index (Phi) is 8.37. The van der Waals surface area contributed by atoms with Crippen LogP contribution in [-0.4, -0.2) is 62.2 Å². The van der Waals surface area contributed by atoms with Crippen molar-refractivity contribution in [1.29, 1.82) is 10.5 Å². The third kappa shape index (κ3) is 6.79. The number of hydroxylamine groups is 4. The van der Waals surface area contributed by atoms with Crippen molar-refractivity contribution in [2.24, 2.45) is 10.2 Å². The van der Waals surface area contributed by atoms with Crippen molar-refractivity contribution in [3.05, 3.63) is 0 Å². The molecule has 0 aromatic carbocycles. The summed E-state index contributed by atoms with van der Waals surface area (Å²) in [5.74, 6) is -3.57. The maximum absolute atomic E-state index is 12.0. The summed E-state index contributed by atoms with van der Waals surface area (Å²) in [6, 6.07) is 3.76. The largest absolute Gasteiger partial charge is 0.370 e. The summed E-state index contributed by atoms with van der Waals surface area (Å²) in [5.41, 5.74) is -3.07. The predicted molar refractivity (Wildman–Crippen MR) is 107 cm³/mol. The van der Waals surface area contributed by atoms with Crippen molar-refractivity contribution >= 4 is 29.7 Å². The number of azo groups is 1. The SMILES string of the molecule is CC(C#N)(CCC(=O)ON1C(=O)CCC1=O)/N=N/C(C)(C#N)CCC(=O)ON1C(=O)CCC1O. The number of nitrogens with zero attached hydrogens (tertiary/aromatic N) is 6. The summed E-state index contributed by atoms with van der Waals surface area (Å²) >= 11 is 0. The molecule has 0 saturated carbocycles. The van der Waals surface area contributed by atoms with Gasteiger partial charge in [-0.05, 0) is 26.7 Å². The fourth-order valence-electron chi connectivity index (χ4n) is 2.89. The fourth-order valence-corrected chi connectivity index (χ4v) is 2.89. The van der Waals surface area contributed by atoms with Crippen molar-refractivity contribution in [2.75, 3.05) is 0 Å². The van der Waals surface area contributed by atoms with E-state index in [1.807, 2.05) is 12.1 Å². The monoisotopic (exact) mass is 476 g/mol. The second kappa shape index (κ2) is 10.8. The van der Waals surface area contributed by atoms with Gasteiger partial charge in [0.05, 0.1) is 25.0 Å². The van der Waals surface area contributed by atoms with E-state index in [4.69, 9.17) is 9.68 Å². The number of imide groups is 1. The fraction of sp³-hybridized carbons (Fsp3) is 0.650. The molecule has 14 heteroatoms. The number of hydrogen-bond donors (Lipinski definition) is 1. The van der Waals surface area contributed by atoms with Gasteiger partial charge in [-0.15, -0.1) is 10.1 Å². The molecule has 0 aliphatic carbocycles. The molecule has 0 bridgehead atoms. The number of rotatable bonds is 10. The van der Waals surface area contributed by atoms with E-state index in [1.54, 1.807) is 0 Å². The molecule has 2 aliphatic heterocycles. The van der Waals surface area contributed by atoms with Gasteiger partial charge in [0.2, 0.25) is 0 Å². The minimum Gasteiger partial charge on any atom is -0.370 e. The van der Waals surface area contributed by atoms with E-state index < -0.39 is 47.0 Å². The van der Waals surface area contributed by atoms with Crippen LogP contribution in [0, 0.1) is 22.7 Å². The van der Waals surface area contributed by atoms with E-state index in [9.17, 15) is 39.6 Å². The normalized spacial score (nSPS) is 21.7. The third-order valence-electron chi connectivity index (χ3n) is 5.14. The van der Waals surface area contributed by atoms with Crippen molar-refractivity contribution in [3.8, 4) is 12.1 Å². The molecule has 2 saturated heterocycles. The van der Waals surface area contributed by atoms with E-state index in [1.165, 1.54) is 13.8 Å². The van der Waals surface area contributed by atoms with Gasteiger partial charge in [0.15, 0.2) is 17.3 Å². The zero-order valence-electron chi connectivity index (χ0n) is 18.7. The molecular weight excluding hydrogens is 452 g/mol. The van der Waals surface area contributed by atoms with Gasteiger partial charge in [-0.1, -0.05) is 0 Å². The van der Waals surface area contributed by atoms with Gasteiger partial charge < -0.3 is 14.8 Å². The van der Waals surface area contributed by atoms with Crippen LogP contribution in [0.1, 0.15) is 65.2 Å². The van der Waals surface area contributed by atoms with Crippen molar-refractivity contribution in [1.82, 2.24) is 10.1 Å². The minimum atomic E-state index is -1.54. The lowest BCUT2D eigenvalue weighted by Gasteiger charge is -2.21. The van der Waals surface area contributed by atoms with Gasteiger partial charge in [0, 0.05) is 25.7 Å². The zero-order chi connectivity index (χ0) is 25.5. The Morgan fingerprint density at radius 2 is 1.41 bits per heavy atom. The molecular formula is C20H24N6O8. The second-order valence-corrected chi connectivity index (χ2v) is 8.22. The van der Waals surface area contributed by atoms with Crippen molar-refractivity contribution in [2.45, 2.75) is 82.5 Å². The zero-order valence-corrected chi connectivity index (χ0v) is 18.7. The first-order valence-electron chi connectivity index (χ1n) is 10.5. The van der Waals surface area contributed by atoms with Crippen LogP contribution in [0.4, 0.5) is 0 Å². The summed E-state index contributed by atoms with van der Waals surface area (Å²) < 4.78 is 0. The standard InChI is InChI=1S/C20H24N6O8/c1-19(11-21,9-7-17(31)33-25-13(27)3-4-14(25)28)23-24-20(2,12-22)10-8-18(32)34-26-15(29)5-6-16(26)30/h13,27H,3-10H2,1-2H3/b24-23+. The quantitative estimate of drug-likeness (QED) is 0.343. The van der Waals surface area contributed by atoms with Crippen LogP contribution in [-0.2, 0) is 33.6 Å². The Morgan fingerprint density at radius 3 is 1.82 bits per heavy atom. The van der Waals surface area contributed by atoms with Crippen LogP contribution in [0.3, 0.4) is 0 Å². The highest BCUT2D eigenvalue weighted by Gasteiger charge is 2.36. The Morgan fingerprint density at radius 1 is 0.941 bits per heavy atom. The molecule has 2 rings (SSSR count). The first-order chi connectivity index (χ1) is 15.9. The number of hydrogen-bond acceptors (Lipinski definition) is 12. The number of carbonyl (C=O) groups excluding carboxylic acids is 5. The lowest BCUT2D eigenvalue weighted by molar-refractivity contribution is -0.220. The molecule has 3 amide bonds. The molecule has 14 nitrogen and oxygen atoms in total. The lowest BCUT2D eigenvalue weighted by Crippen LogP contribution is -2.35. The number of amides is 3. The first kappa shape index (κ1) is 26.3. The van der Waals surface area contributed by atoms with E-state index in [-0.39, 0.29) is 51.4 Å². The Labute approximate surface area is 194 Å². The molecule has 34 heavy (non-hydrogen) atoms. The smallest absolute Gasteiger partial charge is 0.333 e. The maximum atomic E-state index is 12.0. The Balaban J connectivity index is 1.91. The highest BCUT2D eigenvalue weighted by molar-refractivity contribution is 6.01. The first-order valence-corrected chi connectivity index (χ1v) is 10.5. The number of carbonyl (C=O) groups is 5. The van der Waals surface area contributed by atoms with Crippen LogP contribution in [0.15, 0.2) is 10.2 Å². The molecule has 2 heterocycles. The average Bonchev–Trinajstić information content (AvgIpc) is 3.30. The molecule has 0 radical (unpaired) electrons. The molecule has 0 aromatic heterocycles. The topological polar surface area (TPSA) is 203 Å². The summed E-state index contributed by atoms with van der Waals surface area (Å²) in [6.07, 6.45) is -2.16. The van der Waals surface area contributed by atoms with Gasteiger partial charge in [-0.3, -0.25) is 14.4 Å². The molecule has 182 valence electrons. The summed E-state index contributed by atoms with van der Waals surface area (Å²) in [5, 5.41) is 37.3. The summed E-state index contributed by atoms with van der Waals surface area (Å²) in [4.78, 5) is 68.1.